The van der Waals surface area contributed by atoms with Gasteiger partial charge in [0, 0.05) is 18.5 Å². The molecule has 0 radical (unpaired) electrons. The predicted octanol–water partition coefficient (Wildman–Crippen LogP) is 2.90. The molecule has 4 nitrogen and oxygen atoms in total. The second kappa shape index (κ2) is 5.82. The summed E-state index contributed by atoms with van der Waals surface area (Å²) in [5.41, 5.74) is 7.12. The van der Waals surface area contributed by atoms with Crippen LogP contribution in [0.15, 0.2) is 22.9 Å². The van der Waals surface area contributed by atoms with Crippen molar-refractivity contribution in [2.45, 2.75) is 26.2 Å². The van der Waals surface area contributed by atoms with Gasteiger partial charge in [0.25, 0.3) is 0 Å². The maximum Gasteiger partial charge on any atom is 0.135 e. The van der Waals surface area contributed by atoms with E-state index in [1.807, 2.05) is 0 Å². The van der Waals surface area contributed by atoms with Crippen LogP contribution in [-0.2, 0) is 6.42 Å². The van der Waals surface area contributed by atoms with Crippen LogP contribution in [0, 0.1) is 0 Å². The lowest BCUT2D eigenvalue weighted by molar-refractivity contribution is 0.776. The Morgan fingerprint density at radius 2 is 2.22 bits per heavy atom. The molecule has 2 aromatic rings. The summed E-state index contributed by atoms with van der Waals surface area (Å²) in [4.78, 5) is 8.67. The second-order valence-corrected chi connectivity index (χ2v) is 5.28. The number of nitrogens with two attached hydrogens (primary N) is 1. The molecule has 0 bridgehead atoms. The van der Waals surface area contributed by atoms with Gasteiger partial charge in [-0.15, -0.1) is 0 Å². The third-order valence-electron chi connectivity index (χ3n) is 2.58. The monoisotopic (exact) mass is 262 g/mol. The average molecular weight is 262 g/mol. The first-order chi connectivity index (χ1) is 8.65. The molecule has 18 heavy (non-hydrogen) atoms. The molecule has 0 saturated carbocycles. The van der Waals surface area contributed by atoms with Gasteiger partial charge in [-0.3, -0.25) is 0 Å². The number of anilines is 2. The molecular formula is C13H18N4S. The maximum atomic E-state index is 5.77. The zero-order valence-corrected chi connectivity index (χ0v) is 11.5. The predicted molar refractivity (Wildman–Crippen MR) is 77.0 cm³/mol. The van der Waals surface area contributed by atoms with Gasteiger partial charge >= 0.3 is 0 Å². The zero-order valence-electron chi connectivity index (χ0n) is 10.7. The summed E-state index contributed by atoms with van der Waals surface area (Å²) < 4.78 is 0. The number of hydrogen-bond donors (Lipinski definition) is 2. The van der Waals surface area contributed by atoms with Gasteiger partial charge < -0.3 is 11.1 Å². The molecule has 2 rings (SSSR count). The maximum absolute atomic E-state index is 5.77. The largest absolute Gasteiger partial charge is 0.384 e. The van der Waals surface area contributed by atoms with Crippen molar-refractivity contribution in [2.75, 3.05) is 17.6 Å². The minimum absolute atomic E-state index is 0.283. The SMILES string of the molecule is CC(C)c1nc(N)cc(NCCc2ccsc2)n1. The van der Waals surface area contributed by atoms with Crippen LogP contribution in [0.5, 0.6) is 0 Å². The van der Waals surface area contributed by atoms with E-state index in [4.69, 9.17) is 5.73 Å². The van der Waals surface area contributed by atoms with Gasteiger partial charge in [-0.05, 0) is 28.8 Å². The molecule has 0 aliphatic heterocycles. The second-order valence-electron chi connectivity index (χ2n) is 4.50. The molecule has 0 aliphatic carbocycles. The summed E-state index contributed by atoms with van der Waals surface area (Å²) in [5.74, 6) is 2.40. The fraction of sp³-hybridized carbons (Fsp3) is 0.385. The highest BCUT2D eigenvalue weighted by Gasteiger charge is 2.06. The summed E-state index contributed by atoms with van der Waals surface area (Å²) in [6, 6.07) is 3.92. The Balaban J connectivity index is 1.96. The quantitative estimate of drug-likeness (QED) is 0.869. The van der Waals surface area contributed by atoms with Crippen molar-refractivity contribution < 1.29 is 0 Å². The summed E-state index contributed by atoms with van der Waals surface area (Å²) in [6.45, 7) is 4.97. The highest BCUT2D eigenvalue weighted by atomic mass is 32.1. The van der Waals surface area contributed by atoms with E-state index in [1.165, 1.54) is 5.56 Å². The van der Waals surface area contributed by atoms with Crippen LogP contribution in [0.3, 0.4) is 0 Å². The normalized spacial score (nSPS) is 10.8. The van der Waals surface area contributed by atoms with Crippen LogP contribution >= 0.6 is 11.3 Å². The van der Waals surface area contributed by atoms with Crippen molar-refractivity contribution in [3.8, 4) is 0 Å². The Kier molecular flexibility index (Phi) is 4.15. The smallest absolute Gasteiger partial charge is 0.135 e. The minimum Gasteiger partial charge on any atom is -0.384 e. The van der Waals surface area contributed by atoms with Gasteiger partial charge in [-0.1, -0.05) is 13.8 Å². The van der Waals surface area contributed by atoms with E-state index >= 15 is 0 Å². The van der Waals surface area contributed by atoms with Crippen molar-refractivity contribution in [2.24, 2.45) is 0 Å². The third kappa shape index (κ3) is 3.43. The highest BCUT2D eigenvalue weighted by molar-refractivity contribution is 7.07. The van der Waals surface area contributed by atoms with E-state index in [1.54, 1.807) is 17.4 Å². The van der Waals surface area contributed by atoms with Gasteiger partial charge in [-0.2, -0.15) is 11.3 Å². The van der Waals surface area contributed by atoms with Crippen molar-refractivity contribution in [1.82, 2.24) is 9.97 Å². The molecule has 0 unspecified atom stereocenters. The van der Waals surface area contributed by atoms with Gasteiger partial charge in [0.15, 0.2) is 0 Å². The van der Waals surface area contributed by atoms with Crippen LogP contribution < -0.4 is 11.1 Å². The number of hydrogen-bond acceptors (Lipinski definition) is 5. The third-order valence-corrected chi connectivity index (χ3v) is 3.31. The van der Waals surface area contributed by atoms with E-state index in [-0.39, 0.29) is 5.92 Å². The molecule has 0 amide bonds. The molecule has 0 atom stereocenters. The van der Waals surface area contributed by atoms with E-state index in [2.05, 4.69) is 46.0 Å². The van der Waals surface area contributed by atoms with Crippen molar-refractivity contribution in [3.05, 3.63) is 34.3 Å². The molecule has 0 spiro atoms. The molecule has 0 fully saturated rings. The molecule has 0 saturated heterocycles. The number of nitrogens with zero attached hydrogens (tertiary/aromatic N) is 2. The standard InChI is InChI=1S/C13H18N4S/c1-9(2)13-16-11(14)7-12(17-13)15-5-3-10-4-6-18-8-10/h4,6-9H,3,5H2,1-2H3,(H3,14,15,16,17). The molecular weight excluding hydrogens is 244 g/mol. The summed E-state index contributed by atoms with van der Waals surface area (Å²) in [5, 5.41) is 7.55. The molecule has 2 aromatic heterocycles. The Hall–Kier alpha value is -1.62. The van der Waals surface area contributed by atoms with Gasteiger partial charge in [0.2, 0.25) is 0 Å². The number of nitrogens with one attached hydrogen (secondary N) is 1. The van der Waals surface area contributed by atoms with E-state index in [0.717, 1.165) is 24.6 Å². The number of thiophene rings is 1. The number of nitrogen functional groups attached to an aromatic ring is 1. The molecule has 96 valence electrons. The summed E-state index contributed by atoms with van der Waals surface area (Å²) in [6.07, 6.45) is 0.990. The lowest BCUT2D eigenvalue weighted by atomic mass is 10.2. The minimum atomic E-state index is 0.283. The van der Waals surface area contributed by atoms with Gasteiger partial charge in [-0.25, -0.2) is 9.97 Å². The lowest BCUT2D eigenvalue weighted by Gasteiger charge is -2.09. The van der Waals surface area contributed by atoms with Crippen LogP contribution in [0.1, 0.15) is 31.2 Å². The van der Waals surface area contributed by atoms with Crippen molar-refractivity contribution in [1.29, 1.82) is 0 Å². The fourth-order valence-corrected chi connectivity index (χ4v) is 2.31. The molecule has 3 N–H and O–H groups in total. The summed E-state index contributed by atoms with van der Waals surface area (Å²) in [7, 11) is 0. The highest BCUT2D eigenvalue weighted by Crippen LogP contribution is 2.15. The number of rotatable bonds is 5. The molecule has 2 heterocycles. The fourth-order valence-electron chi connectivity index (χ4n) is 1.60. The van der Waals surface area contributed by atoms with Gasteiger partial charge in [0.1, 0.15) is 17.5 Å². The van der Waals surface area contributed by atoms with Crippen LogP contribution in [0.25, 0.3) is 0 Å². The Labute approximate surface area is 111 Å². The first-order valence-electron chi connectivity index (χ1n) is 6.04. The van der Waals surface area contributed by atoms with Crippen LogP contribution in [0.4, 0.5) is 11.6 Å². The first kappa shape index (κ1) is 12.8. The summed E-state index contributed by atoms with van der Waals surface area (Å²) >= 11 is 1.72. The van der Waals surface area contributed by atoms with Crippen molar-refractivity contribution in [3.63, 3.8) is 0 Å². The Morgan fingerprint density at radius 3 is 2.89 bits per heavy atom. The van der Waals surface area contributed by atoms with Gasteiger partial charge in [0.05, 0.1) is 0 Å². The molecule has 5 heteroatoms. The number of aromatic nitrogens is 2. The Bertz CT molecular complexity index is 494. The lowest BCUT2D eigenvalue weighted by Crippen LogP contribution is -2.09. The van der Waals surface area contributed by atoms with Crippen molar-refractivity contribution >= 4 is 23.0 Å². The van der Waals surface area contributed by atoms with Crippen LogP contribution in [0.2, 0.25) is 0 Å². The average Bonchev–Trinajstić information content (AvgIpc) is 2.81. The molecule has 0 aliphatic rings. The topological polar surface area (TPSA) is 63.8 Å². The van der Waals surface area contributed by atoms with E-state index in [9.17, 15) is 0 Å². The first-order valence-corrected chi connectivity index (χ1v) is 6.99. The van der Waals surface area contributed by atoms with E-state index < -0.39 is 0 Å². The zero-order chi connectivity index (χ0) is 13.0. The molecule has 0 aromatic carbocycles. The van der Waals surface area contributed by atoms with Crippen LogP contribution in [-0.4, -0.2) is 16.5 Å². The Morgan fingerprint density at radius 1 is 1.39 bits per heavy atom. The van der Waals surface area contributed by atoms with E-state index in [0.29, 0.717) is 5.82 Å².